The Morgan fingerprint density at radius 3 is 2.65 bits per heavy atom. The van der Waals surface area contributed by atoms with Gasteiger partial charge in [0, 0.05) is 22.6 Å². The van der Waals surface area contributed by atoms with Crippen LogP contribution in [-0.4, -0.2) is 30.1 Å². The van der Waals surface area contributed by atoms with E-state index in [1.54, 1.807) is 0 Å². The Labute approximate surface area is 129 Å². The molecule has 1 aromatic rings. The van der Waals surface area contributed by atoms with Gasteiger partial charge < -0.3 is 10.2 Å². The van der Waals surface area contributed by atoms with Gasteiger partial charge in [-0.1, -0.05) is 22.4 Å². The minimum Gasteiger partial charge on any atom is -0.381 e. The molecule has 3 rings (SSSR count). The Kier molecular flexibility index (Phi) is 4.00. The number of piperidine rings is 2. The predicted molar refractivity (Wildman–Crippen MR) is 84.7 cm³/mol. The largest absolute Gasteiger partial charge is 0.381 e. The van der Waals surface area contributed by atoms with E-state index in [9.17, 15) is 5.26 Å². The number of nitriles is 1. The normalized spacial score (nSPS) is 29.8. The van der Waals surface area contributed by atoms with E-state index in [1.807, 2.05) is 18.2 Å². The molecule has 2 aliphatic heterocycles. The average molecular weight is 334 g/mol. The molecule has 2 aliphatic rings. The molecular formula is C16H20BrN3. The summed E-state index contributed by atoms with van der Waals surface area (Å²) in [7, 11) is 2.27. The van der Waals surface area contributed by atoms with Gasteiger partial charge >= 0.3 is 0 Å². The minimum atomic E-state index is 0.495. The summed E-state index contributed by atoms with van der Waals surface area (Å²) >= 11 is 3.42. The fourth-order valence-corrected chi connectivity index (χ4v) is 4.05. The Bertz CT molecular complexity index is 523. The van der Waals surface area contributed by atoms with E-state index in [0.717, 1.165) is 15.7 Å². The Hall–Kier alpha value is -1.05. The molecule has 3 nitrogen and oxygen atoms in total. The van der Waals surface area contributed by atoms with Crippen LogP contribution in [0, 0.1) is 11.3 Å². The zero-order chi connectivity index (χ0) is 14.1. The number of nitrogens with zero attached hydrogens (tertiary/aromatic N) is 2. The maximum absolute atomic E-state index is 9.26. The van der Waals surface area contributed by atoms with Gasteiger partial charge in [0.1, 0.15) is 6.07 Å². The van der Waals surface area contributed by atoms with Crippen LogP contribution < -0.4 is 5.32 Å². The number of halogens is 1. The maximum Gasteiger partial charge on any atom is 0.101 e. The van der Waals surface area contributed by atoms with Crippen molar-refractivity contribution in [2.24, 2.45) is 0 Å². The second kappa shape index (κ2) is 5.75. The first-order valence-corrected chi connectivity index (χ1v) is 8.15. The van der Waals surface area contributed by atoms with Crippen molar-refractivity contribution >= 4 is 21.6 Å². The van der Waals surface area contributed by atoms with Crippen molar-refractivity contribution in [1.82, 2.24) is 4.90 Å². The molecule has 2 bridgehead atoms. The molecule has 2 unspecified atom stereocenters. The van der Waals surface area contributed by atoms with Crippen molar-refractivity contribution in [3.8, 4) is 6.07 Å². The number of hydrogen-bond acceptors (Lipinski definition) is 3. The van der Waals surface area contributed by atoms with Crippen LogP contribution in [0.4, 0.5) is 5.69 Å². The lowest BCUT2D eigenvalue weighted by Gasteiger charge is -2.47. The summed E-state index contributed by atoms with van der Waals surface area (Å²) in [6.07, 6.45) is 6.38. The molecule has 4 heteroatoms. The molecular weight excluding hydrogens is 314 g/mol. The van der Waals surface area contributed by atoms with Crippen molar-refractivity contribution in [3.05, 3.63) is 28.2 Å². The monoisotopic (exact) mass is 333 g/mol. The molecule has 2 saturated heterocycles. The van der Waals surface area contributed by atoms with E-state index in [4.69, 9.17) is 0 Å². The molecule has 0 aliphatic carbocycles. The standard InChI is InChI=1S/C16H20BrN3/c1-20-14-3-2-4-15(20)9-13(8-14)19-16-6-5-12(17)7-11(16)10-18/h5-7,13-15,19H,2-4,8-9H2,1H3. The number of fused-ring (bicyclic) bond motifs is 2. The Morgan fingerprint density at radius 2 is 2.00 bits per heavy atom. The highest BCUT2D eigenvalue weighted by atomic mass is 79.9. The fraction of sp³-hybridized carbons (Fsp3) is 0.562. The number of hydrogen-bond donors (Lipinski definition) is 1. The highest BCUT2D eigenvalue weighted by Gasteiger charge is 2.35. The van der Waals surface area contributed by atoms with Gasteiger partial charge in [-0.2, -0.15) is 5.26 Å². The van der Waals surface area contributed by atoms with Crippen LogP contribution in [-0.2, 0) is 0 Å². The van der Waals surface area contributed by atoms with Crippen molar-refractivity contribution < 1.29 is 0 Å². The van der Waals surface area contributed by atoms with Crippen molar-refractivity contribution in [1.29, 1.82) is 5.26 Å². The summed E-state index contributed by atoms with van der Waals surface area (Å²) in [6, 6.07) is 10.1. The van der Waals surface area contributed by atoms with Gasteiger partial charge in [0.15, 0.2) is 0 Å². The van der Waals surface area contributed by atoms with Gasteiger partial charge in [0.25, 0.3) is 0 Å². The molecule has 2 heterocycles. The topological polar surface area (TPSA) is 39.1 Å². The maximum atomic E-state index is 9.26. The van der Waals surface area contributed by atoms with Crippen LogP contribution >= 0.6 is 15.9 Å². The van der Waals surface area contributed by atoms with Crippen LogP contribution in [0.3, 0.4) is 0 Å². The summed E-state index contributed by atoms with van der Waals surface area (Å²) in [5.74, 6) is 0. The molecule has 0 aromatic heterocycles. The summed E-state index contributed by atoms with van der Waals surface area (Å²) in [6.45, 7) is 0. The molecule has 0 saturated carbocycles. The van der Waals surface area contributed by atoms with Gasteiger partial charge in [-0.05, 0) is 50.9 Å². The van der Waals surface area contributed by atoms with Crippen LogP contribution in [0.25, 0.3) is 0 Å². The van der Waals surface area contributed by atoms with Crippen molar-refractivity contribution in [2.75, 3.05) is 12.4 Å². The number of benzene rings is 1. The quantitative estimate of drug-likeness (QED) is 0.895. The molecule has 1 aromatic carbocycles. The summed E-state index contributed by atoms with van der Waals surface area (Å²) in [5.41, 5.74) is 1.70. The van der Waals surface area contributed by atoms with E-state index < -0.39 is 0 Å². The van der Waals surface area contributed by atoms with E-state index in [1.165, 1.54) is 32.1 Å². The second-order valence-corrected chi connectivity index (χ2v) is 6.93. The Morgan fingerprint density at radius 1 is 1.30 bits per heavy atom. The lowest BCUT2D eigenvalue weighted by atomic mass is 9.82. The average Bonchev–Trinajstić information content (AvgIpc) is 2.42. The SMILES string of the molecule is CN1C2CCCC1CC(Nc1ccc(Br)cc1C#N)C2. The summed E-state index contributed by atoms with van der Waals surface area (Å²) in [5, 5.41) is 12.9. The number of rotatable bonds is 2. The third-order valence-electron chi connectivity index (χ3n) is 4.80. The number of nitrogens with one attached hydrogen (secondary N) is 1. The summed E-state index contributed by atoms with van der Waals surface area (Å²) in [4.78, 5) is 2.56. The van der Waals surface area contributed by atoms with Crippen molar-refractivity contribution in [2.45, 2.75) is 50.2 Å². The Balaban J connectivity index is 1.74. The van der Waals surface area contributed by atoms with Gasteiger partial charge in [-0.25, -0.2) is 0 Å². The summed E-state index contributed by atoms with van der Waals surface area (Å²) < 4.78 is 0.958. The highest BCUT2D eigenvalue weighted by Crippen LogP contribution is 2.34. The molecule has 0 spiro atoms. The molecule has 2 atom stereocenters. The molecule has 20 heavy (non-hydrogen) atoms. The fourth-order valence-electron chi connectivity index (χ4n) is 3.69. The second-order valence-electron chi connectivity index (χ2n) is 6.02. The van der Waals surface area contributed by atoms with Crippen LogP contribution in [0.15, 0.2) is 22.7 Å². The van der Waals surface area contributed by atoms with E-state index >= 15 is 0 Å². The van der Waals surface area contributed by atoms with E-state index in [0.29, 0.717) is 18.1 Å². The molecule has 0 amide bonds. The predicted octanol–water partition coefficient (Wildman–Crippen LogP) is 3.75. The molecule has 2 fully saturated rings. The van der Waals surface area contributed by atoms with Crippen LogP contribution in [0.5, 0.6) is 0 Å². The van der Waals surface area contributed by atoms with Crippen molar-refractivity contribution in [3.63, 3.8) is 0 Å². The van der Waals surface area contributed by atoms with Gasteiger partial charge in [-0.3, -0.25) is 0 Å². The molecule has 106 valence electrons. The van der Waals surface area contributed by atoms with E-state index in [-0.39, 0.29) is 0 Å². The molecule has 1 N–H and O–H groups in total. The minimum absolute atomic E-state index is 0.495. The first-order chi connectivity index (χ1) is 9.67. The third kappa shape index (κ3) is 2.70. The van der Waals surface area contributed by atoms with Crippen LogP contribution in [0.1, 0.15) is 37.7 Å². The molecule has 0 radical (unpaired) electrons. The highest BCUT2D eigenvalue weighted by molar-refractivity contribution is 9.10. The lowest BCUT2D eigenvalue weighted by Crippen LogP contribution is -2.52. The van der Waals surface area contributed by atoms with Gasteiger partial charge in [0.05, 0.1) is 11.3 Å². The van der Waals surface area contributed by atoms with Crippen LogP contribution in [0.2, 0.25) is 0 Å². The first kappa shape index (κ1) is 13.9. The number of anilines is 1. The zero-order valence-electron chi connectivity index (χ0n) is 11.8. The van der Waals surface area contributed by atoms with E-state index in [2.05, 4.69) is 39.3 Å². The lowest BCUT2D eigenvalue weighted by molar-refractivity contribution is 0.0608. The third-order valence-corrected chi connectivity index (χ3v) is 5.29. The first-order valence-electron chi connectivity index (χ1n) is 7.35. The van der Waals surface area contributed by atoms with Gasteiger partial charge in [0.2, 0.25) is 0 Å². The zero-order valence-corrected chi connectivity index (χ0v) is 13.4. The van der Waals surface area contributed by atoms with Gasteiger partial charge in [-0.15, -0.1) is 0 Å². The smallest absolute Gasteiger partial charge is 0.101 e.